The van der Waals surface area contributed by atoms with Gasteiger partial charge in [-0.1, -0.05) is 18.2 Å². The van der Waals surface area contributed by atoms with Crippen molar-refractivity contribution < 1.29 is 4.39 Å². The molecular formula is C24H26FN5O. The number of nitrogens with one attached hydrogen (secondary N) is 1. The number of pyridine rings is 3. The summed E-state index contributed by atoms with van der Waals surface area (Å²) in [7, 11) is 0. The lowest BCUT2D eigenvalue weighted by Crippen LogP contribution is -2.44. The van der Waals surface area contributed by atoms with Gasteiger partial charge in [-0.3, -0.25) is 14.8 Å². The standard InChI is InChI=1S/C24H26FN5O/c25-20-14-28-21-5-6-22(31)30-16-18(23(20)24(21)30)15-29-11-7-19(8-12-29)27-10-2-4-17-3-1-9-26-13-17/h1-6,9,13-14,18-19,27H,7-8,10-12,15-16H2/t18-/m1/s1. The zero-order valence-electron chi connectivity index (χ0n) is 17.4. The van der Waals surface area contributed by atoms with Gasteiger partial charge in [0.25, 0.3) is 5.56 Å². The Kier molecular flexibility index (Phi) is 5.61. The fourth-order valence-electron chi connectivity index (χ4n) is 4.83. The third kappa shape index (κ3) is 4.16. The van der Waals surface area contributed by atoms with Crippen LogP contribution in [-0.2, 0) is 6.54 Å². The van der Waals surface area contributed by atoms with Crippen LogP contribution < -0.4 is 10.9 Å². The van der Waals surface area contributed by atoms with E-state index in [0.717, 1.165) is 44.6 Å². The molecule has 1 atom stereocenters. The van der Waals surface area contributed by atoms with Gasteiger partial charge in [0.2, 0.25) is 0 Å². The average molecular weight is 420 g/mol. The fourth-order valence-corrected chi connectivity index (χ4v) is 4.83. The van der Waals surface area contributed by atoms with E-state index in [-0.39, 0.29) is 17.3 Å². The molecule has 0 aliphatic carbocycles. The topological polar surface area (TPSA) is 63.1 Å². The van der Waals surface area contributed by atoms with E-state index >= 15 is 0 Å². The van der Waals surface area contributed by atoms with Crippen LogP contribution in [-0.4, -0.2) is 51.7 Å². The largest absolute Gasteiger partial charge is 0.310 e. The van der Waals surface area contributed by atoms with E-state index in [2.05, 4.69) is 32.3 Å². The van der Waals surface area contributed by atoms with Crippen molar-refractivity contribution in [3.8, 4) is 0 Å². The molecular weight excluding hydrogens is 393 g/mol. The summed E-state index contributed by atoms with van der Waals surface area (Å²) in [4.78, 5) is 23.0. The summed E-state index contributed by atoms with van der Waals surface area (Å²) in [6.07, 6.45) is 11.3. The van der Waals surface area contributed by atoms with Gasteiger partial charge < -0.3 is 14.8 Å². The van der Waals surface area contributed by atoms with Crippen LogP contribution in [0, 0.1) is 5.82 Å². The van der Waals surface area contributed by atoms with Crippen molar-refractivity contribution in [2.75, 3.05) is 26.2 Å². The highest BCUT2D eigenvalue weighted by Crippen LogP contribution is 2.34. The predicted molar refractivity (Wildman–Crippen MR) is 119 cm³/mol. The van der Waals surface area contributed by atoms with Crippen molar-refractivity contribution in [3.05, 3.63) is 76.2 Å². The second-order valence-corrected chi connectivity index (χ2v) is 8.40. The molecule has 0 bridgehead atoms. The van der Waals surface area contributed by atoms with Crippen molar-refractivity contribution in [1.29, 1.82) is 0 Å². The first-order valence-corrected chi connectivity index (χ1v) is 10.9. The molecule has 1 saturated heterocycles. The molecule has 160 valence electrons. The molecule has 1 fully saturated rings. The van der Waals surface area contributed by atoms with Crippen LogP contribution in [0.4, 0.5) is 4.39 Å². The molecule has 6 nitrogen and oxygen atoms in total. The molecule has 0 amide bonds. The van der Waals surface area contributed by atoms with E-state index in [4.69, 9.17) is 0 Å². The van der Waals surface area contributed by atoms with E-state index < -0.39 is 0 Å². The maximum atomic E-state index is 14.6. The Morgan fingerprint density at radius 3 is 2.87 bits per heavy atom. The summed E-state index contributed by atoms with van der Waals surface area (Å²) >= 11 is 0. The second-order valence-electron chi connectivity index (χ2n) is 8.40. The molecule has 2 aliphatic heterocycles. The molecule has 0 radical (unpaired) electrons. The van der Waals surface area contributed by atoms with Crippen molar-refractivity contribution in [2.45, 2.75) is 31.3 Å². The lowest BCUT2D eigenvalue weighted by Gasteiger charge is -2.34. The summed E-state index contributed by atoms with van der Waals surface area (Å²) in [5.41, 5.74) is 3.05. The lowest BCUT2D eigenvalue weighted by atomic mass is 9.98. The Morgan fingerprint density at radius 2 is 2.06 bits per heavy atom. The van der Waals surface area contributed by atoms with Gasteiger partial charge in [0.05, 0.1) is 17.2 Å². The highest BCUT2D eigenvalue weighted by Gasteiger charge is 2.31. The number of hydrogen-bond donors (Lipinski definition) is 1. The fraction of sp³-hybridized carbons (Fsp3) is 0.375. The van der Waals surface area contributed by atoms with Crippen LogP contribution in [0.15, 0.2) is 53.7 Å². The van der Waals surface area contributed by atoms with E-state index in [1.54, 1.807) is 16.8 Å². The Morgan fingerprint density at radius 1 is 1.19 bits per heavy atom. The Balaban J connectivity index is 1.16. The predicted octanol–water partition coefficient (Wildman–Crippen LogP) is 2.80. The Bertz CT molecular complexity index is 1150. The number of piperidine rings is 1. The van der Waals surface area contributed by atoms with Crippen molar-refractivity contribution in [1.82, 2.24) is 24.8 Å². The first-order valence-electron chi connectivity index (χ1n) is 10.9. The third-order valence-electron chi connectivity index (χ3n) is 6.39. The van der Waals surface area contributed by atoms with Gasteiger partial charge in [-0.2, -0.15) is 0 Å². The molecule has 0 unspecified atom stereocenters. The van der Waals surface area contributed by atoms with Crippen LogP contribution in [0.2, 0.25) is 0 Å². The molecule has 7 heteroatoms. The Hall–Kier alpha value is -2.90. The average Bonchev–Trinajstić information content (AvgIpc) is 3.18. The van der Waals surface area contributed by atoms with Crippen molar-refractivity contribution in [2.24, 2.45) is 0 Å². The van der Waals surface area contributed by atoms with E-state index in [9.17, 15) is 9.18 Å². The van der Waals surface area contributed by atoms with Crippen LogP contribution in [0.3, 0.4) is 0 Å². The molecule has 3 aromatic heterocycles. The van der Waals surface area contributed by atoms with Gasteiger partial charge in [0.1, 0.15) is 5.82 Å². The van der Waals surface area contributed by atoms with E-state index in [0.29, 0.717) is 29.2 Å². The maximum absolute atomic E-state index is 14.6. The monoisotopic (exact) mass is 419 g/mol. The van der Waals surface area contributed by atoms with E-state index in [1.807, 2.05) is 18.3 Å². The summed E-state index contributed by atoms with van der Waals surface area (Å²) in [6, 6.07) is 7.68. The molecule has 0 aromatic carbocycles. The van der Waals surface area contributed by atoms with Crippen molar-refractivity contribution >= 4 is 17.1 Å². The number of halogens is 1. The summed E-state index contributed by atoms with van der Waals surface area (Å²) in [5.74, 6) is -0.307. The molecule has 5 rings (SSSR count). The number of likely N-dealkylation sites (tertiary alicyclic amines) is 1. The minimum absolute atomic E-state index is 0.00692. The normalized spacial score (nSPS) is 19.6. The minimum atomic E-state index is -0.300. The van der Waals surface area contributed by atoms with Crippen LogP contribution in [0.25, 0.3) is 17.1 Å². The van der Waals surface area contributed by atoms with Gasteiger partial charge in [-0.25, -0.2) is 4.39 Å². The lowest BCUT2D eigenvalue weighted by molar-refractivity contribution is 0.186. The van der Waals surface area contributed by atoms with Crippen LogP contribution in [0.5, 0.6) is 0 Å². The maximum Gasteiger partial charge on any atom is 0.251 e. The first kappa shape index (κ1) is 20.0. The number of hydrogen-bond acceptors (Lipinski definition) is 5. The van der Waals surface area contributed by atoms with Crippen molar-refractivity contribution in [3.63, 3.8) is 0 Å². The Labute approximate surface area is 180 Å². The van der Waals surface area contributed by atoms with E-state index in [1.165, 1.54) is 12.3 Å². The molecule has 31 heavy (non-hydrogen) atoms. The third-order valence-corrected chi connectivity index (χ3v) is 6.39. The SMILES string of the molecule is O=c1ccc2ncc(F)c3c2n1C[C@H]3CN1CCC(NCC=Cc2cccnc2)CC1. The smallest absolute Gasteiger partial charge is 0.251 e. The number of aromatic nitrogens is 3. The van der Waals surface area contributed by atoms with Crippen LogP contribution in [0.1, 0.15) is 29.9 Å². The van der Waals surface area contributed by atoms with Gasteiger partial charge in [-0.15, -0.1) is 0 Å². The zero-order chi connectivity index (χ0) is 21.2. The minimum Gasteiger partial charge on any atom is -0.310 e. The van der Waals surface area contributed by atoms with Crippen LogP contribution >= 0.6 is 0 Å². The van der Waals surface area contributed by atoms with Gasteiger partial charge in [0, 0.05) is 55.6 Å². The summed E-state index contributed by atoms with van der Waals surface area (Å²) in [5, 5.41) is 3.61. The van der Waals surface area contributed by atoms with Gasteiger partial charge in [-0.05, 0) is 43.6 Å². The quantitative estimate of drug-likeness (QED) is 0.666. The molecule has 0 spiro atoms. The highest BCUT2D eigenvalue weighted by atomic mass is 19.1. The molecule has 3 aromatic rings. The first-order chi connectivity index (χ1) is 15.2. The second kappa shape index (κ2) is 8.69. The molecule has 5 heterocycles. The number of rotatable bonds is 6. The zero-order valence-corrected chi connectivity index (χ0v) is 17.4. The van der Waals surface area contributed by atoms with Gasteiger partial charge in [0.15, 0.2) is 0 Å². The summed E-state index contributed by atoms with van der Waals surface area (Å²) in [6.45, 7) is 4.08. The molecule has 2 aliphatic rings. The molecule has 0 saturated carbocycles. The highest BCUT2D eigenvalue weighted by molar-refractivity contribution is 5.80. The summed E-state index contributed by atoms with van der Waals surface area (Å²) < 4.78 is 16.3. The number of nitrogens with zero attached hydrogens (tertiary/aromatic N) is 4. The molecule has 1 N–H and O–H groups in total. The van der Waals surface area contributed by atoms with Gasteiger partial charge >= 0.3 is 0 Å².